The average Bonchev–Trinajstić information content (AvgIpc) is 3.41. The lowest BCUT2D eigenvalue weighted by molar-refractivity contribution is -0.143. The first-order chi connectivity index (χ1) is 18.4. The van der Waals surface area contributed by atoms with Crippen LogP contribution in [0.3, 0.4) is 0 Å². The molecule has 38 heavy (non-hydrogen) atoms. The number of benzene rings is 2. The second-order valence-corrected chi connectivity index (χ2v) is 10.0. The van der Waals surface area contributed by atoms with Crippen LogP contribution < -0.4 is 14.4 Å². The standard InChI is InChI=1S/C29H33N5O4/c1-20(2)29(36)34(17-22-6-10-25-26(16-22)38-19-37-25)18-28(35)33-14-12-32(13-15-33)27-11-9-24(30-31-27)23-7-4-21(3)5-8-23/h4-11,16,20H,12-15,17-19H2,1-3H3. The summed E-state index contributed by atoms with van der Waals surface area (Å²) in [6.07, 6.45) is 0. The van der Waals surface area contributed by atoms with Gasteiger partial charge in [-0.2, -0.15) is 0 Å². The predicted octanol–water partition coefficient (Wildman–Crippen LogP) is 3.51. The molecule has 0 atom stereocenters. The molecule has 3 heterocycles. The van der Waals surface area contributed by atoms with E-state index in [0.717, 1.165) is 22.6 Å². The van der Waals surface area contributed by atoms with Gasteiger partial charge in [0, 0.05) is 44.2 Å². The van der Waals surface area contributed by atoms with Gasteiger partial charge >= 0.3 is 0 Å². The molecule has 1 fully saturated rings. The smallest absolute Gasteiger partial charge is 0.242 e. The zero-order chi connectivity index (χ0) is 26.6. The van der Waals surface area contributed by atoms with Crippen LogP contribution in [0.5, 0.6) is 11.5 Å². The number of piperazine rings is 1. The van der Waals surface area contributed by atoms with Crippen LogP contribution in [0.1, 0.15) is 25.0 Å². The zero-order valence-electron chi connectivity index (χ0n) is 22.1. The van der Waals surface area contributed by atoms with Gasteiger partial charge in [0.25, 0.3) is 0 Å². The largest absolute Gasteiger partial charge is 0.454 e. The fourth-order valence-corrected chi connectivity index (χ4v) is 4.66. The summed E-state index contributed by atoms with van der Waals surface area (Å²) in [7, 11) is 0. The lowest BCUT2D eigenvalue weighted by atomic mass is 10.1. The summed E-state index contributed by atoms with van der Waals surface area (Å²) in [6.45, 7) is 8.77. The Labute approximate surface area is 223 Å². The maximum atomic E-state index is 13.2. The Morgan fingerprint density at radius 3 is 2.34 bits per heavy atom. The third-order valence-electron chi connectivity index (χ3n) is 6.90. The van der Waals surface area contributed by atoms with Crippen LogP contribution in [0.2, 0.25) is 0 Å². The van der Waals surface area contributed by atoms with Gasteiger partial charge in [-0.05, 0) is 36.8 Å². The van der Waals surface area contributed by atoms with E-state index in [1.807, 2.05) is 61.2 Å². The van der Waals surface area contributed by atoms with E-state index in [-0.39, 0.29) is 31.1 Å². The van der Waals surface area contributed by atoms with E-state index in [1.54, 1.807) is 4.90 Å². The van der Waals surface area contributed by atoms with Crippen molar-refractivity contribution < 1.29 is 19.1 Å². The number of anilines is 1. The second kappa shape index (κ2) is 11.1. The molecule has 2 aromatic carbocycles. The van der Waals surface area contributed by atoms with E-state index in [2.05, 4.69) is 34.2 Å². The van der Waals surface area contributed by atoms with Gasteiger partial charge in [-0.3, -0.25) is 9.59 Å². The zero-order valence-corrected chi connectivity index (χ0v) is 22.1. The number of hydrogen-bond donors (Lipinski definition) is 0. The van der Waals surface area contributed by atoms with Crippen LogP contribution in [0, 0.1) is 12.8 Å². The molecule has 1 aromatic heterocycles. The quantitative estimate of drug-likeness (QED) is 0.476. The first-order valence-electron chi connectivity index (χ1n) is 13.0. The van der Waals surface area contributed by atoms with Crippen molar-refractivity contribution in [3.63, 3.8) is 0 Å². The number of ether oxygens (including phenoxy) is 2. The van der Waals surface area contributed by atoms with Crippen molar-refractivity contribution in [2.45, 2.75) is 27.3 Å². The molecule has 0 spiro atoms. The minimum Gasteiger partial charge on any atom is -0.454 e. The minimum absolute atomic E-state index is 0.0382. The van der Waals surface area contributed by atoms with Crippen molar-refractivity contribution >= 4 is 17.6 Å². The highest BCUT2D eigenvalue weighted by Gasteiger charge is 2.27. The number of carbonyl (C=O) groups is 2. The van der Waals surface area contributed by atoms with Crippen molar-refractivity contribution in [3.8, 4) is 22.8 Å². The van der Waals surface area contributed by atoms with E-state index in [9.17, 15) is 9.59 Å². The number of fused-ring (bicyclic) bond motifs is 1. The van der Waals surface area contributed by atoms with Crippen molar-refractivity contribution in [1.29, 1.82) is 0 Å². The normalized spacial score (nSPS) is 14.6. The molecule has 0 saturated carbocycles. The molecule has 0 aliphatic carbocycles. The number of amides is 2. The second-order valence-electron chi connectivity index (χ2n) is 10.0. The summed E-state index contributed by atoms with van der Waals surface area (Å²) < 4.78 is 10.9. The monoisotopic (exact) mass is 515 g/mol. The van der Waals surface area contributed by atoms with Crippen LogP contribution >= 0.6 is 0 Å². The molecule has 1 saturated heterocycles. The molecule has 0 N–H and O–H groups in total. The minimum atomic E-state index is -0.213. The van der Waals surface area contributed by atoms with Crippen molar-refractivity contribution in [1.82, 2.24) is 20.0 Å². The van der Waals surface area contributed by atoms with Gasteiger partial charge in [-0.1, -0.05) is 49.7 Å². The van der Waals surface area contributed by atoms with Crippen LogP contribution in [0.4, 0.5) is 5.82 Å². The molecule has 3 aromatic rings. The molecule has 0 radical (unpaired) electrons. The molecule has 2 aliphatic rings. The first-order valence-corrected chi connectivity index (χ1v) is 13.0. The SMILES string of the molecule is Cc1ccc(-c2ccc(N3CCN(C(=O)CN(Cc4ccc5c(c4)OCO5)C(=O)C(C)C)CC3)nn2)cc1. The number of carbonyl (C=O) groups excluding carboxylic acids is 2. The number of aromatic nitrogens is 2. The van der Waals surface area contributed by atoms with Gasteiger partial charge in [0.05, 0.1) is 5.69 Å². The van der Waals surface area contributed by atoms with Gasteiger partial charge < -0.3 is 24.2 Å². The van der Waals surface area contributed by atoms with Crippen LogP contribution in [-0.2, 0) is 16.1 Å². The highest BCUT2D eigenvalue weighted by Crippen LogP contribution is 2.33. The lowest BCUT2D eigenvalue weighted by Crippen LogP contribution is -2.52. The third kappa shape index (κ3) is 5.72. The van der Waals surface area contributed by atoms with Gasteiger partial charge in [0.2, 0.25) is 18.6 Å². The Bertz CT molecular complexity index is 1290. The van der Waals surface area contributed by atoms with Crippen molar-refractivity contribution in [2.75, 3.05) is 44.4 Å². The summed E-state index contributed by atoms with van der Waals surface area (Å²) in [5, 5.41) is 8.85. The van der Waals surface area contributed by atoms with E-state index < -0.39 is 0 Å². The predicted molar refractivity (Wildman–Crippen MR) is 144 cm³/mol. The number of rotatable bonds is 7. The van der Waals surface area contributed by atoms with E-state index in [1.165, 1.54) is 5.56 Å². The van der Waals surface area contributed by atoms with Gasteiger partial charge in [0.15, 0.2) is 17.3 Å². The van der Waals surface area contributed by atoms with Crippen LogP contribution in [0.25, 0.3) is 11.3 Å². The maximum Gasteiger partial charge on any atom is 0.242 e. The number of aryl methyl sites for hydroxylation is 1. The molecule has 2 aliphatic heterocycles. The molecule has 2 amide bonds. The number of hydrogen-bond acceptors (Lipinski definition) is 7. The molecule has 9 nitrogen and oxygen atoms in total. The Kier molecular flexibility index (Phi) is 7.44. The van der Waals surface area contributed by atoms with Gasteiger partial charge in [-0.25, -0.2) is 0 Å². The summed E-state index contributed by atoms with van der Waals surface area (Å²) in [5.74, 6) is 1.83. The summed E-state index contributed by atoms with van der Waals surface area (Å²) in [4.78, 5) is 31.8. The van der Waals surface area contributed by atoms with Crippen LogP contribution in [-0.4, -0.2) is 71.3 Å². The fourth-order valence-electron chi connectivity index (χ4n) is 4.66. The highest BCUT2D eigenvalue weighted by atomic mass is 16.7. The molecular weight excluding hydrogens is 482 g/mol. The summed E-state index contributed by atoms with van der Waals surface area (Å²) in [6, 6.07) is 17.8. The summed E-state index contributed by atoms with van der Waals surface area (Å²) >= 11 is 0. The molecule has 0 bridgehead atoms. The van der Waals surface area contributed by atoms with E-state index in [0.29, 0.717) is 44.2 Å². The Hall–Kier alpha value is -4.14. The first kappa shape index (κ1) is 25.5. The van der Waals surface area contributed by atoms with Crippen LogP contribution in [0.15, 0.2) is 54.6 Å². The van der Waals surface area contributed by atoms with Crippen molar-refractivity contribution in [2.24, 2.45) is 5.92 Å². The lowest BCUT2D eigenvalue weighted by Gasteiger charge is -2.36. The molecule has 0 unspecified atom stereocenters. The van der Waals surface area contributed by atoms with E-state index >= 15 is 0 Å². The van der Waals surface area contributed by atoms with Crippen molar-refractivity contribution in [3.05, 3.63) is 65.7 Å². The van der Waals surface area contributed by atoms with E-state index in [4.69, 9.17) is 9.47 Å². The Morgan fingerprint density at radius 1 is 0.921 bits per heavy atom. The maximum absolute atomic E-state index is 13.2. The molecular formula is C29H33N5O4. The Balaban J connectivity index is 1.18. The fraction of sp³-hybridized carbons (Fsp3) is 0.379. The third-order valence-corrected chi connectivity index (χ3v) is 6.90. The highest BCUT2D eigenvalue weighted by molar-refractivity contribution is 5.86. The van der Waals surface area contributed by atoms with Gasteiger partial charge in [0.1, 0.15) is 6.54 Å². The average molecular weight is 516 g/mol. The number of nitrogens with zero attached hydrogens (tertiary/aromatic N) is 5. The van der Waals surface area contributed by atoms with Gasteiger partial charge in [-0.15, -0.1) is 10.2 Å². The molecule has 9 heteroatoms. The molecule has 198 valence electrons. The summed E-state index contributed by atoms with van der Waals surface area (Å²) in [5.41, 5.74) is 3.97. The molecule has 5 rings (SSSR count). The Morgan fingerprint density at radius 2 is 1.66 bits per heavy atom. The topological polar surface area (TPSA) is 88.1 Å².